The maximum atomic E-state index is 6.23. The predicted molar refractivity (Wildman–Crippen MR) is 102 cm³/mol. The summed E-state index contributed by atoms with van der Waals surface area (Å²) in [4.78, 5) is 0. The van der Waals surface area contributed by atoms with Crippen LogP contribution in [-0.2, 0) is 7.05 Å². The third-order valence-corrected chi connectivity index (χ3v) is 5.20. The summed E-state index contributed by atoms with van der Waals surface area (Å²) in [5.74, 6) is 0.527. The van der Waals surface area contributed by atoms with Gasteiger partial charge in [-0.25, -0.2) is 0 Å². The number of nitrogens with zero attached hydrogens (tertiary/aromatic N) is 1. The quantitative estimate of drug-likeness (QED) is 0.352. The highest BCUT2D eigenvalue weighted by Gasteiger charge is 2.16. The van der Waals surface area contributed by atoms with Gasteiger partial charge < -0.3 is 8.98 Å². The van der Waals surface area contributed by atoms with E-state index in [1.54, 1.807) is 0 Å². The topological polar surface area (TPSA) is 18.1 Å². The van der Waals surface area contributed by atoms with Crippen LogP contribution in [0.4, 0.5) is 0 Å². The third kappa shape index (κ3) is 1.66. The second-order valence-electron chi connectivity index (χ2n) is 6.93. The number of hydrogen-bond acceptors (Lipinski definition) is 1. The first-order valence-corrected chi connectivity index (χ1v) is 8.47. The van der Waals surface area contributed by atoms with Crippen molar-refractivity contribution in [2.24, 2.45) is 7.05 Å². The highest BCUT2D eigenvalue weighted by Crippen LogP contribution is 2.38. The normalized spacial score (nSPS) is 12.3. The van der Waals surface area contributed by atoms with Crippen molar-refractivity contribution in [3.8, 4) is 0 Å². The molecule has 0 saturated heterocycles. The van der Waals surface area contributed by atoms with Crippen LogP contribution < -0.4 is 0 Å². The molecule has 24 heavy (non-hydrogen) atoms. The number of aryl methyl sites for hydroxylation is 1. The Labute approximate surface area is 140 Å². The number of rotatable bonds is 1. The first kappa shape index (κ1) is 13.7. The van der Waals surface area contributed by atoms with Crippen LogP contribution >= 0.6 is 0 Å². The molecule has 5 rings (SSSR count). The van der Waals surface area contributed by atoms with Crippen molar-refractivity contribution in [2.45, 2.75) is 19.8 Å². The van der Waals surface area contributed by atoms with Gasteiger partial charge in [-0.3, -0.25) is 0 Å². The van der Waals surface area contributed by atoms with Crippen LogP contribution in [0.25, 0.3) is 43.7 Å². The molecule has 0 radical (unpaired) electrons. The average molecular weight is 313 g/mol. The summed E-state index contributed by atoms with van der Waals surface area (Å²) in [6.45, 7) is 4.47. The smallest absolute Gasteiger partial charge is 0.159 e. The van der Waals surface area contributed by atoms with Crippen LogP contribution in [0.2, 0.25) is 0 Å². The number of para-hydroxylation sites is 1. The molecule has 0 aliphatic heterocycles. The van der Waals surface area contributed by atoms with Gasteiger partial charge in [0.05, 0.1) is 5.52 Å². The minimum absolute atomic E-state index is 0.527. The Morgan fingerprint density at radius 1 is 0.833 bits per heavy atom. The molecular formula is C22H19NO. The molecule has 0 aliphatic rings. The van der Waals surface area contributed by atoms with Crippen molar-refractivity contribution in [2.75, 3.05) is 0 Å². The van der Waals surface area contributed by atoms with Gasteiger partial charge in [-0.15, -0.1) is 0 Å². The second kappa shape index (κ2) is 4.64. The fraction of sp³-hybridized carbons (Fsp3) is 0.182. The Morgan fingerprint density at radius 3 is 2.42 bits per heavy atom. The van der Waals surface area contributed by atoms with Gasteiger partial charge in [-0.2, -0.15) is 0 Å². The number of furan rings is 1. The monoisotopic (exact) mass is 313 g/mol. The molecule has 118 valence electrons. The van der Waals surface area contributed by atoms with Crippen molar-refractivity contribution < 1.29 is 4.42 Å². The summed E-state index contributed by atoms with van der Waals surface area (Å²) < 4.78 is 8.51. The molecule has 0 unspecified atom stereocenters. The predicted octanol–water partition coefficient (Wildman–Crippen LogP) is 6.35. The SMILES string of the molecule is CC(C)c1ccc2c3ccc4c5ccccc5oc4c3n(C)c2c1. The van der Waals surface area contributed by atoms with Crippen LogP contribution in [-0.4, -0.2) is 4.57 Å². The molecule has 0 saturated carbocycles. The fourth-order valence-electron chi connectivity index (χ4n) is 3.86. The van der Waals surface area contributed by atoms with Crippen molar-refractivity contribution in [1.82, 2.24) is 4.57 Å². The molecule has 2 aromatic heterocycles. The lowest BCUT2D eigenvalue weighted by Gasteiger charge is -2.06. The van der Waals surface area contributed by atoms with E-state index in [0.717, 1.165) is 11.2 Å². The largest absolute Gasteiger partial charge is 0.454 e. The lowest BCUT2D eigenvalue weighted by Crippen LogP contribution is -1.90. The zero-order chi connectivity index (χ0) is 16.4. The summed E-state index contributed by atoms with van der Waals surface area (Å²) in [6, 6.07) is 19.5. The van der Waals surface area contributed by atoms with E-state index in [1.807, 2.05) is 12.1 Å². The number of benzene rings is 3. The first-order valence-electron chi connectivity index (χ1n) is 8.47. The zero-order valence-corrected chi connectivity index (χ0v) is 14.1. The molecule has 2 nitrogen and oxygen atoms in total. The van der Waals surface area contributed by atoms with Gasteiger partial charge in [0, 0.05) is 34.1 Å². The third-order valence-electron chi connectivity index (χ3n) is 5.20. The molecule has 0 bridgehead atoms. The van der Waals surface area contributed by atoms with E-state index >= 15 is 0 Å². The maximum absolute atomic E-state index is 6.23. The van der Waals surface area contributed by atoms with Crippen molar-refractivity contribution in [3.63, 3.8) is 0 Å². The molecule has 0 fully saturated rings. The van der Waals surface area contributed by atoms with E-state index in [2.05, 4.69) is 67.9 Å². The average Bonchev–Trinajstić information content (AvgIpc) is 3.10. The van der Waals surface area contributed by atoms with Crippen LogP contribution in [0.5, 0.6) is 0 Å². The minimum Gasteiger partial charge on any atom is -0.454 e. The highest BCUT2D eigenvalue weighted by molar-refractivity contribution is 6.20. The van der Waals surface area contributed by atoms with Gasteiger partial charge in [-0.1, -0.05) is 50.2 Å². The number of hydrogen-bond donors (Lipinski definition) is 0. The lowest BCUT2D eigenvalue weighted by molar-refractivity contribution is 0.670. The van der Waals surface area contributed by atoms with Crippen LogP contribution in [0, 0.1) is 0 Å². The zero-order valence-electron chi connectivity index (χ0n) is 14.1. The summed E-state index contributed by atoms with van der Waals surface area (Å²) in [5, 5.41) is 4.92. The first-order chi connectivity index (χ1) is 11.6. The Hall–Kier alpha value is -2.74. The maximum Gasteiger partial charge on any atom is 0.159 e. The minimum atomic E-state index is 0.527. The second-order valence-corrected chi connectivity index (χ2v) is 6.93. The van der Waals surface area contributed by atoms with Crippen molar-refractivity contribution >= 4 is 43.7 Å². The molecular weight excluding hydrogens is 294 g/mol. The molecule has 2 heteroatoms. The molecule has 5 aromatic rings. The molecule has 0 amide bonds. The summed E-state index contributed by atoms with van der Waals surface area (Å²) in [7, 11) is 2.14. The van der Waals surface area contributed by atoms with Gasteiger partial charge in [0.1, 0.15) is 5.58 Å². The lowest BCUT2D eigenvalue weighted by atomic mass is 10.0. The van der Waals surface area contributed by atoms with E-state index in [9.17, 15) is 0 Å². The Balaban J connectivity index is 2.00. The highest BCUT2D eigenvalue weighted by atomic mass is 16.3. The fourth-order valence-corrected chi connectivity index (χ4v) is 3.86. The summed E-state index contributed by atoms with van der Waals surface area (Å²) in [6.07, 6.45) is 0. The van der Waals surface area contributed by atoms with E-state index in [0.29, 0.717) is 5.92 Å². The van der Waals surface area contributed by atoms with Gasteiger partial charge in [0.2, 0.25) is 0 Å². The molecule has 0 spiro atoms. The van der Waals surface area contributed by atoms with Crippen molar-refractivity contribution in [3.05, 3.63) is 60.2 Å². The number of fused-ring (bicyclic) bond motifs is 7. The van der Waals surface area contributed by atoms with E-state index in [1.165, 1.54) is 38.1 Å². The van der Waals surface area contributed by atoms with Crippen LogP contribution in [0.3, 0.4) is 0 Å². The van der Waals surface area contributed by atoms with Crippen LogP contribution in [0.1, 0.15) is 25.3 Å². The molecule has 3 aromatic carbocycles. The molecule has 0 aliphatic carbocycles. The van der Waals surface area contributed by atoms with Gasteiger partial charge in [0.15, 0.2) is 5.58 Å². The van der Waals surface area contributed by atoms with Crippen molar-refractivity contribution in [1.29, 1.82) is 0 Å². The molecule has 0 atom stereocenters. The Bertz CT molecular complexity index is 1240. The molecule has 2 heterocycles. The van der Waals surface area contributed by atoms with Gasteiger partial charge >= 0.3 is 0 Å². The standard InChI is InChI=1S/C22H19NO/c1-13(2)14-8-9-15-17-10-11-18-16-6-4-5-7-20(16)24-22(18)21(17)23(3)19(15)12-14/h4-13H,1-3H3. The van der Waals surface area contributed by atoms with Crippen LogP contribution in [0.15, 0.2) is 59.0 Å². The Kier molecular flexibility index (Phi) is 2.64. The van der Waals surface area contributed by atoms with E-state index in [-0.39, 0.29) is 0 Å². The number of aromatic nitrogens is 1. The molecule has 0 N–H and O–H groups in total. The Morgan fingerprint density at radius 2 is 1.58 bits per heavy atom. The van der Waals surface area contributed by atoms with E-state index in [4.69, 9.17) is 4.42 Å². The van der Waals surface area contributed by atoms with Gasteiger partial charge in [-0.05, 0) is 29.7 Å². The summed E-state index contributed by atoms with van der Waals surface area (Å²) >= 11 is 0. The summed E-state index contributed by atoms with van der Waals surface area (Å²) in [5.41, 5.74) is 5.75. The van der Waals surface area contributed by atoms with E-state index < -0.39 is 0 Å². The van der Waals surface area contributed by atoms with Gasteiger partial charge in [0.25, 0.3) is 0 Å².